The zero-order chi connectivity index (χ0) is 18.0. The van der Waals surface area contributed by atoms with Crippen LogP contribution in [0, 0.1) is 13.8 Å². The van der Waals surface area contributed by atoms with Crippen molar-refractivity contribution < 1.29 is 9.15 Å². The highest BCUT2D eigenvalue weighted by Crippen LogP contribution is 2.21. The van der Waals surface area contributed by atoms with E-state index in [1.165, 1.54) is 4.57 Å². The molecule has 130 valence electrons. The van der Waals surface area contributed by atoms with Crippen LogP contribution in [0.25, 0.3) is 10.9 Å². The SMILES string of the molecule is Cc1ccc2c(c1)c(=O)oc(=O)n2CCCOc1ccc(Cl)c(C)c1. The van der Waals surface area contributed by atoms with E-state index in [1.54, 1.807) is 24.3 Å². The number of fused-ring (bicyclic) bond motifs is 1. The fourth-order valence-corrected chi connectivity index (χ4v) is 2.79. The lowest BCUT2D eigenvalue weighted by molar-refractivity contribution is 0.296. The first-order valence-corrected chi connectivity index (χ1v) is 8.37. The molecule has 0 atom stereocenters. The van der Waals surface area contributed by atoms with E-state index in [9.17, 15) is 9.59 Å². The van der Waals surface area contributed by atoms with Gasteiger partial charge in [-0.1, -0.05) is 23.2 Å². The number of halogens is 1. The molecule has 0 aliphatic rings. The minimum absolute atomic E-state index is 0.398. The number of ether oxygens (including phenoxy) is 1. The maximum Gasteiger partial charge on any atom is 0.422 e. The van der Waals surface area contributed by atoms with Crippen molar-refractivity contribution in [3.8, 4) is 5.75 Å². The monoisotopic (exact) mass is 359 g/mol. The molecule has 0 aliphatic heterocycles. The Labute approximate surface area is 149 Å². The lowest BCUT2D eigenvalue weighted by Crippen LogP contribution is -2.25. The first kappa shape index (κ1) is 17.3. The number of hydrogen-bond donors (Lipinski definition) is 0. The van der Waals surface area contributed by atoms with Gasteiger partial charge in [0.15, 0.2) is 0 Å². The quantitative estimate of drug-likeness (QED) is 0.652. The van der Waals surface area contributed by atoms with E-state index < -0.39 is 11.4 Å². The third kappa shape index (κ3) is 3.77. The van der Waals surface area contributed by atoms with Gasteiger partial charge in [0, 0.05) is 11.6 Å². The molecule has 0 unspecified atom stereocenters. The maximum absolute atomic E-state index is 12.0. The normalized spacial score (nSPS) is 11.0. The Hall–Kier alpha value is -2.53. The molecule has 0 fully saturated rings. The molecule has 0 saturated carbocycles. The fourth-order valence-electron chi connectivity index (χ4n) is 2.67. The molecule has 2 aromatic carbocycles. The largest absolute Gasteiger partial charge is 0.494 e. The standard InChI is InChI=1S/C19H18ClNO4/c1-12-4-7-17-15(10-12)18(22)25-19(23)21(17)8-3-9-24-14-5-6-16(20)13(2)11-14/h4-7,10-11H,3,8-9H2,1-2H3. The summed E-state index contributed by atoms with van der Waals surface area (Å²) in [5, 5.41) is 1.11. The van der Waals surface area contributed by atoms with E-state index in [0.717, 1.165) is 16.9 Å². The van der Waals surface area contributed by atoms with Gasteiger partial charge < -0.3 is 9.15 Å². The van der Waals surface area contributed by atoms with Gasteiger partial charge in [0.2, 0.25) is 0 Å². The lowest BCUT2D eigenvalue weighted by atomic mass is 10.2. The summed E-state index contributed by atoms with van der Waals surface area (Å²) in [4.78, 5) is 23.9. The van der Waals surface area contributed by atoms with E-state index in [1.807, 2.05) is 26.0 Å². The molecular weight excluding hydrogens is 342 g/mol. The van der Waals surface area contributed by atoms with Crippen molar-refractivity contribution in [3.63, 3.8) is 0 Å². The Balaban J connectivity index is 1.74. The van der Waals surface area contributed by atoms with Gasteiger partial charge in [-0.05, 0) is 56.2 Å². The van der Waals surface area contributed by atoms with Gasteiger partial charge >= 0.3 is 11.4 Å². The lowest BCUT2D eigenvalue weighted by Gasteiger charge is -2.10. The van der Waals surface area contributed by atoms with E-state index in [-0.39, 0.29) is 0 Å². The van der Waals surface area contributed by atoms with Crippen molar-refractivity contribution in [1.82, 2.24) is 4.57 Å². The highest BCUT2D eigenvalue weighted by molar-refractivity contribution is 6.31. The molecule has 3 rings (SSSR count). The molecule has 0 N–H and O–H groups in total. The van der Waals surface area contributed by atoms with Crippen LogP contribution >= 0.6 is 11.6 Å². The predicted octanol–water partition coefficient (Wildman–Crippen LogP) is 3.69. The average Bonchev–Trinajstić information content (AvgIpc) is 2.57. The van der Waals surface area contributed by atoms with Crippen LogP contribution in [0.15, 0.2) is 50.4 Å². The molecule has 6 heteroatoms. The first-order chi connectivity index (χ1) is 12.0. The fraction of sp³-hybridized carbons (Fsp3) is 0.263. The molecule has 1 heterocycles. The van der Waals surface area contributed by atoms with E-state index in [4.69, 9.17) is 20.8 Å². The number of benzene rings is 2. The van der Waals surface area contributed by atoms with Crippen molar-refractivity contribution in [1.29, 1.82) is 0 Å². The highest BCUT2D eigenvalue weighted by atomic mass is 35.5. The summed E-state index contributed by atoms with van der Waals surface area (Å²) in [6.45, 7) is 4.62. The second-order valence-corrected chi connectivity index (χ2v) is 6.35. The number of rotatable bonds is 5. The van der Waals surface area contributed by atoms with Crippen LogP contribution in [0.3, 0.4) is 0 Å². The second kappa shape index (κ2) is 7.15. The predicted molar refractivity (Wildman–Crippen MR) is 97.8 cm³/mol. The molecule has 0 spiro atoms. The van der Waals surface area contributed by atoms with Gasteiger partial charge in [-0.3, -0.25) is 4.57 Å². The molecule has 1 aromatic heterocycles. The molecule has 3 aromatic rings. The number of aromatic nitrogens is 1. The van der Waals surface area contributed by atoms with Gasteiger partial charge in [0.25, 0.3) is 0 Å². The Morgan fingerprint density at radius 3 is 2.68 bits per heavy atom. The third-order valence-electron chi connectivity index (χ3n) is 3.99. The average molecular weight is 360 g/mol. The van der Waals surface area contributed by atoms with E-state index >= 15 is 0 Å². The summed E-state index contributed by atoms with van der Waals surface area (Å²) >= 11 is 5.99. The van der Waals surface area contributed by atoms with Gasteiger partial charge in [0.05, 0.1) is 17.5 Å². The van der Waals surface area contributed by atoms with Gasteiger partial charge in [-0.2, -0.15) is 0 Å². The van der Waals surface area contributed by atoms with Gasteiger partial charge in [-0.15, -0.1) is 0 Å². The Morgan fingerprint density at radius 1 is 1.12 bits per heavy atom. The van der Waals surface area contributed by atoms with Crippen LogP contribution in [-0.2, 0) is 6.54 Å². The molecule has 0 saturated heterocycles. The molecular formula is C19H18ClNO4. The molecule has 0 bridgehead atoms. The summed E-state index contributed by atoms with van der Waals surface area (Å²) in [5.74, 6) is 0.0815. The Bertz CT molecular complexity index is 1040. The summed E-state index contributed by atoms with van der Waals surface area (Å²) in [7, 11) is 0. The van der Waals surface area contributed by atoms with Crippen molar-refractivity contribution in [3.05, 3.63) is 73.5 Å². The van der Waals surface area contributed by atoms with Gasteiger partial charge in [0.1, 0.15) is 5.75 Å². The van der Waals surface area contributed by atoms with Crippen molar-refractivity contribution in [2.45, 2.75) is 26.8 Å². The number of aryl methyl sites for hydroxylation is 3. The van der Waals surface area contributed by atoms with Crippen LogP contribution in [0.1, 0.15) is 17.5 Å². The van der Waals surface area contributed by atoms with Crippen LogP contribution in [0.5, 0.6) is 5.75 Å². The summed E-state index contributed by atoms with van der Waals surface area (Å²) in [6.07, 6.45) is 0.596. The van der Waals surface area contributed by atoms with E-state index in [0.29, 0.717) is 35.5 Å². The molecule has 5 nitrogen and oxygen atoms in total. The number of nitrogens with zero attached hydrogens (tertiary/aromatic N) is 1. The zero-order valence-corrected chi connectivity index (χ0v) is 14.8. The van der Waals surface area contributed by atoms with Gasteiger partial charge in [-0.25, -0.2) is 9.59 Å². The third-order valence-corrected chi connectivity index (χ3v) is 4.41. The molecule has 0 radical (unpaired) electrons. The van der Waals surface area contributed by atoms with Crippen LogP contribution in [0.4, 0.5) is 0 Å². The van der Waals surface area contributed by atoms with Crippen molar-refractivity contribution in [2.24, 2.45) is 0 Å². The van der Waals surface area contributed by atoms with Crippen LogP contribution < -0.4 is 16.1 Å². The molecule has 0 aliphatic carbocycles. The van der Waals surface area contributed by atoms with Crippen LogP contribution in [-0.4, -0.2) is 11.2 Å². The first-order valence-electron chi connectivity index (χ1n) is 7.99. The maximum atomic E-state index is 12.0. The molecule has 25 heavy (non-hydrogen) atoms. The van der Waals surface area contributed by atoms with E-state index in [2.05, 4.69) is 0 Å². The Morgan fingerprint density at radius 2 is 1.92 bits per heavy atom. The highest BCUT2D eigenvalue weighted by Gasteiger charge is 2.09. The van der Waals surface area contributed by atoms with Crippen LogP contribution in [0.2, 0.25) is 5.02 Å². The smallest absolute Gasteiger partial charge is 0.422 e. The second-order valence-electron chi connectivity index (χ2n) is 5.94. The summed E-state index contributed by atoms with van der Waals surface area (Å²) < 4.78 is 12.0. The van der Waals surface area contributed by atoms with Crippen molar-refractivity contribution >= 4 is 22.5 Å². The minimum Gasteiger partial charge on any atom is -0.494 e. The molecule has 0 amide bonds. The van der Waals surface area contributed by atoms with Crippen molar-refractivity contribution in [2.75, 3.05) is 6.61 Å². The topological polar surface area (TPSA) is 61.4 Å². The minimum atomic E-state index is -0.649. The number of hydrogen-bond acceptors (Lipinski definition) is 4. The zero-order valence-electron chi connectivity index (χ0n) is 14.0. The summed E-state index contributed by atoms with van der Waals surface area (Å²) in [5.41, 5.74) is 1.86. The Kier molecular flexibility index (Phi) is 4.95. The summed E-state index contributed by atoms with van der Waals surface area (Å²) in [6, 6.07) is 10.8.